The first-order chi connectivity index (χ1) is 12.8. The van der Waals surface area contributed by atoms with Gasteiger partial charge in [-0.2, -0.15) is 9.78 Å². The lowest BCUT2D eigenvalue weighted by molar-refractivity contribution is -0.313. The van der Waals surface area contributed by atoms with E-state index in [1.54, 1.807) is 39.0 Å². The summed E-state index contributed by atoms with van der Waals surface area (Å²) in [6.07, 6.45) is 4.10. The van der Waals surface area contributed by atoms with Crippen LogP contribution in [0.3, 0.4) is 0 Å². The van der Waals surface area contributed by atoms with Crippen LogP contribution < -0.4 is 16.0 Å². The van der Waals surface area contributed by atoms with E-state index in [0.717, 1.165) is 0 Å². The first kappa shape index (κ1) is 18.6. The number of carbonyl (C=O) groups is 2. The molecule has 2 N–H and O–H groups in total. The summed E-state index contributed by atoms with van der Waals surface area (Å²) < 4.78 is 1.33. The molecule has 9 heteroatoms. The summed E-state index contributed by atoms with van der Waals surface area (Å²) in [5.74, 6) is -2.84. The topological polar surface area (TPSA) is 133 Å². The second kappa shape index (κ2) is 7.18. The van der Waals surface area contributed by atoms with E-state index < -0.39 is 23.7 Å². The van der Waals surface area contributed by atoms with E-state index in [1.165, 1.54) is 4.68 Å². The van der Waals surface area contributed by atoms with Crippen LogP contribution in [0, 0.1) is 32.6 Å². The predicted octanol–water partition coefficient (Wildman–Crippen LogP) is 0.152. The van der Waals surface area contributed by atoms with E-state index in [1.807, 2.05) is 0 Å². The number of amides is 1. The average molecular weight is 370 g/mol. The maximum Gasteiger partial charge on any atom is 0.255 e. The molecule has 0 spiro atoms. The lowest BCUT2D eigenvalue weighted by atomic mass is 9.82. The summed E-state index contributed by atoms with van der Waals surface area (Å²) in [6.45, 7) is 5.11. The summed E-state index contributed by atoms with van der Waals surface area (Å²) in [4.78, 5) is 43.0. The highest BCUT2D eigenvalue weighted by Gasteiger charge is 2.30. The van der Waals surface area contributed by atoms with Gasteiger partial charge in [0.1, 0.15) is 5.82 Å². The third kappa shape index (κ3) is 3.67. The zero-order valence-corrected chi connectivity index (χ0v) is 15.3. The fraction of sp³-hybridized carbons (Fsp3) is 0.389. The summed E-state index contributed by atoms with van der Waals surface area (Å²) in [6, 6.07) is 1.62. The molecule has 0 unspecified atom stereocenters. The molecule has 0 fully saturated rings. The SMILES string of the molecule is Cc1cc(NC(=O)[C@@H]2CC=CC[C@H]2C(=O)[O-])n(-c2nc(C)c(C)c(=O)[nH]2)n1. The maximum absolute atomic E-state index is 12.7. The smallest absolute Gasteiger partial charge is 0.255 e. The lowest BCUT2D eigenvalue weighted by Gasteiger charge is -2.28. The van der Waals surface area contributed by atoms with Crippen molar-refractivity contribution in [2.75, 3.05) is 5.32 Å². The Morgan fingerprint density at radius 1 is 1.22 bits per heavy atom. The van der Waals surface area contributed by atoms with Crippen LogP contribution in [0.4, 0.5) is 5.82 Å². The van der Waals surface area contributed by atoms with Gasteiger partial charge in [-0.05, 0) is 33.6 Å². The summed E-state index contributed by atoms with van der Waals surface area (Å²) >= 11 is 0. The Kier molecular flexibility index (Phi) is 4.93. The minimum absolute atomic E-state index is 0.173. The highest BCUT2D eigenvalue weighted by Crippen LogP contribution is 2.27. The number of H-pyrrole nitrogens is 1. The number of rotatable bonds is 4. The molecular formula is C18H20N5O4-. The van der Waals surface area contributed by atoms with E-state index in [2.05, 4.69) is 20.4 Å². The van der Waals surface area contributed by atoms with Crippen LogP contribution in [-0.4, -0.2) is 31.6 Å². The minimum atomic E-state index is -1.25. The Bertz CT molecular complexity index is 988. The molecule has 0 radical (unpaired) electrons. The fourth-order valence-corrected chi connectivity index (χ4v) is 3.06. The first-order valence-electron chi connectivity index (χ1n) is 8.59. The molecule has 2 aromatic rings. The van der Waals surface area contributed by atoms with Crippen LogP contribution in [-0.2, 0) is 9.59 Å². The molecule has 2 aromatic heterocycles. The number of carboxylic acid groups (broad SMARTS) is 1. The maximum atomic E-state index is 12.7. The molecule has 1 aliphatic rings. The van der Waals surface area contributed by atoms with E-state index >= 15 is 0 Å². The Morgan fingerprint density at radius 3 is 2.52 bits per heavy atom. The molecule has 0 saturated carbocycles. The van der Waals surface area contributed by atoms with Gasteiger partial charge in [0, 0.05) is 29.2 Å². The van der Waals surface area contributed by atoms with Gasteiger partial charge < -0.3 is 15.2 Å². The van der Waals surface area contributed by atoms with Crippen molar-refractivity contribution in [3.05, 3.63) is 45.5 Å². The van der Waals surface area contributed by atoms with Crippen molar-refractivity contribution in [3.8, 4) is 5.95 Å². The number of allylic oxidation sites excluding steroid dienone is 2. The van der Waals surface area contributed by atoms with E-state index in [4.69, 9.17) is 0 Å². The number of hydrogen-bond acceptors (Lipinski definition) is 6. The molecule has 2 heterocycles. The third-order valence-electron chi connectivity index (χ3n) is 4.74. The monoisotopic (exact) mass is 370 g/mol. The zero-order valence-electron chi connectivity index (χ0n) is 15.3. The first-order valence-corrected chi connectivity index (χ1v) is 8.59. The van der Waals surface area contributed by atoms with Gasteiger partial charge in [0.25, 0.3) is 5.56 Å². The van der Waals surface area contributed by atoms with Crippen LogP contribution in [0.1, 0.15) is 29.8 Å². The van der Waals surface area contributed by atoms with Gasteiger partial charge in [-0.3, -0.25) is 14.6 Å². The van der Waals surface area contributed by atoms with Gasteiger partial charge in [-0.1, -0.05) is 12.2 Å². The summed E-state index contributed by atoms with van der Waals surface area (Å²) in [7, 11) is 0. The van der Waals surface area contributed by atoms with Crippen molar-refractivity contribution in [3.63, 3.8) is 0 Å². The van der Waals surface area contributed by atoms with Crippen molar-refractivity contribution < 1.29 is 14.7 Å². The van der Waals surface area contributed by atoms with Gasteiger partial charge >= 0.3 is 0 Å². The molecule has 0 bridgehead atoms. The Labute approximate surface area is 155 Å². The van der Waals surface area contributed by atoms with Crippen LogP contribution in [0.15, 0.2) is 23.0 Å². The van der Waals surface area contributed by atoms with E-state index in [-0.39, 0.29) is 17.9 Å². The lowest BCUT2D eigenvalue weighted by Crippen LogP contribution is -2.41. The van der Waals surface area contributed by atoms with Gasteiger partial charge in [-0.15, -0.1) is 0 Å². The van der Waals surface area contributed by atoms with Gasteiger partial charge in [-0.25, -0.2) is 4.98 Å². The fourth-order valence-electron chi connectivity index (χ4n) is 3.06. The molecule has 0 aliphatic heterocycles. The molecule has 27 heavy (non-hydrogen) atoms. The molecule has 3 rings (SSSR count). The molecule has 1 aliphatic carbocycles. The largest absolute Gasteiger partial charge is 0.550 e. The molecule has 2 atom stereocenters. The normalized spacial score (nSPS) is 19.1. The van der Waals surface area contributed by atoms with Gasteiger partial charge in [0.15, 0.2) is 0 Å². The highest BCUT2D eigenvalue weighted by molar-refractivity contribution is 5.94. The third-order valence-corrected chi connectivity index (χ3v) is 4.74. The van der Waals surface area contributed by atoms with Crippen LogP contribution >= 0.6 is 0 Å². The Morgan fingerprint density at radius 2 is 1.89 bits per heavy atom. The Hall–Kier alpha value is -3.23. The van der Waals surface area contributed by atoms with Crippen molar-refractivity contribution in [1.29, 1.82) is 0 Å². The standard InChI is InChI=1S/C18H21N5O4/c1-9-8-14(20-16(25)12-6-4-5-7-13(12)17(26)27)23(22-9)18-19-11(3)10(2)15(24)21-18/h4-5,8,12-13H,6-7H2,1-3H3,(H,20,25)(H,26,27)(H,19,21,24)/p-1/t12-,13-/m1/s1. The number of aliphatic carboxylic acids is 1. The quantitative estimate of drug-likeness (QED) is 0.736. The number of aryl methyl sites for hydroxylation is 2. The van der Waals surface area contributed by atoms with Crippen LogP contribution in [0.2, 0.25) is 0 Å². The second-order valence-electron chi connectivity index (χ2n) is 6.65. The van der Waals surface area contributed by atoms with Crippen molar-refractivity contribution in [2.24, 2.45) is 11.8 Å². The van der Waals surface area contributed by atoms with Crippen LogP contribution in [0.25, 0.3) is 5.95 Å². The number of hydrogen-bond donors (Lipinski definition) is 2. The van der Waals surface area contributed by atoms with E-state index in [0.29, 0.717) is 29.2 Å². The molecule has 1 amide bonds. The molecular weight excluding hydrogens is 350 g/mol. The highest BCUT2D eigenvalue weighted by atomic mass is 16.4. The Balaban J connectivity index is 1.93. The molecule has 9 nitrogen and oxygen atoms in total. The predicted molar refractivity (Wildman–Crippen MR) is 95.2 cm³/mol. The van der Waals surface area contributed by atoms with Gasteiger partial charge in [0.2, 0.25) is 11.9 Å². The molecule has 0 aromatic carbocycles. The number of aromatic amines is 1. The molecule has 142 valence electrons. The minimum Gasteiger partial charge on any atom is -0.550 e. The summed E-state index contributed by atoms with van der Waals surface area (Å²) in [5.41, 5.74) is 1.36. The van der Waals surface area contributed by atoms with Crippen LogP contribution in [0.5, 0.6) is 0 Å². The zero-order chi connectivity index (χ0) is 19.7. The second-order valence-corrected chi connectivity index (χ2v) is 6.65. The summed E-state index contributed by atoms with van der Waals surface area (Å²) in [5, 5.41) is 18.3. The number of carboxylic acids is 1. The number of anilines is 1. The number of nitrogens with one attached hydrogen (secondary N) is 2. The number of nitrogens with zero attached hydrogens (tertiary/aromatic N) is 3. The van der Waals surface area contributed by atoms with Crippen molar-refractivity contribution in [1.82, 2.24) is 19.7 Å². The number of carbonyl (C=O) groups excluding carboxylic acids is 2. The molecule has 0 saturated heterocycles. The van der Waals surface area contributed by atoms with E-state index in [9.17, 15) is 19.5 Å². The van der Waals surface area contributed by atoms with Gasteiger partial charge in [0.05, 0.1) is 11.6 Å². The van der Waals surface area contributed by atoms with Crippen molar-refractivity contribution in [2.45, 2.75) is 33.6 Å². The van der Waals surface area contributed by atoms with Crippen molar-refractivity contribution >= 4 is 17.7 Å². The average Bonchev–Trinajstić information content (AvgIpc) is 2.99. The number of aromatic nitrogens is 4.